The minimum absolute atomic E-state index is 0.0574. The van der Waals surface area contributed by atoms with Crippen molar-refractivity contribution in [3.63, 3.8) is 0 Å². The highest BCUT2D eigenvalue weighted by molar-refractivity contribution is 7.99. The predicted octanol–water partition coefficient (Wildman–Crippen LogP) is 4.21. The van der Waals surface area contributed by atoms with E-state index >= 15 is 0 Å². The van der Waals surface area contributed by atoms with E-state index < -0.39 is 5.97 Å². The van der Waals surface area contributed by atoms with E-state index in [1.165, 1.54) is 17.8 Å². The van der Waals surface area contributed by atoms with Crippen LogP contribution in [0.1, 0.15) is 16.8 Å². The van der Waals surface area contributed by atoms with Gasteiger partial charge >= 0.3 is 5.97 Å². The van der Waals surface area contributed by atoms with Crippen LogP contribution in [-0.4, -0.2) is 30.0 Å². The number of halogens is 1. The average Bonchev–Trinajstić information content (AvgIpc) is 2.79. The maximum Gasteiger partial charge on any atom is 0.338 e. The van der Waals surface area contributed by atoms with Crippen molar-refractivity contribution in [2.45, 2.75) is 16.2 Å². The molecule has 130 valence electrons. The van der Waals surface area contributed by atoms with Gasteiger partial charge in [0.25, 0.3) is 0 Å². The summed E-state index contributed by atoms with van der Waals surface area (Å²) >= 11 is 2.88. The number of rotatable bonds is 5. The van der Waals surface area contributed by atoms with Gasteiger partial charge in [0.05, 0.1) is 11.3 Å². The number of amides is 1. The Morgan fingerprint density at radius 1 is 1.28 bits per heavy atom. The van der Waals surface area contributed by atoms with Crippen molar-refractivity contribution in [3.05, 3.63) is 53.8 Å². The van der Waals surface area contributed by atoms with Gasteiger partial charge in [0.1, 0.15) is 12.4 Å². The van der Waals surface area contributed by atoms with Gasteiger partial charge in [-0.25, -0.2) is 9.18 Å². The van der Waals surface area contributed by atoms with Crippen LogP contribution in [0.2, 0.25) is 0 Å². The first-order valence-corrected chi connectivity index (χ1v) is 9.72. The molecule has 4 nitrogen and oxygen atoms in total. The summed E-state index contributed by atoms with van der Waals surface area (Å²) in [7, 11) is 0. The molecule has 3 rings (SSSR count). The lowest BCUT2D eigenvalue weighted by molar-refractivity contribution is -0.115. The average molecular weight is 377 g/mol. The van der Waals surface area contributed by atoms with Crippen LogP contribution in [0.15, 0.2) is 52.3 Å². The van der Waals surface area contributed by atoms with Gasteiger partial charge in [0.2, 0.25) is 5.91 Å². The Labute approximate surface area is 153 Å². The van der Waals surface area contributed by atoms with Crippen LogP contribution in [0.4, 0.5) is 10.1 Å². The van der Waals surface area contributed by atoms with E-state index in [4.69, 9.17) is 4.74 Å². The van der Waals surface area contributed by atoms with Crippen molar-refractivity contribution in [1.29, 1.82) is 0 Å². The summed E-state index contributed by atoms with van der Waals surface area (Å²) in [6.45, 7) is 0.177. The Hall–Kier alpha value is -1.99. The number of ether oxygens (including phenoxy) is 1. The van der Waals surface area contributed by atoms with E-state index in [2.05, 4.69) is 5.32 Å². The Balaban J connectivity index is 1.55. The summed E-state index contributed by atoms with van der Waals surface area (Å²) in [6.07, 6.45) is 0.451. The second-order valence-corrected chi connectivity index (χ2v) is 7.55. The smallest absolute Gasteiger partial charge is 0.338 e. The van der Waals surface area contributed by atoms with Crippen LogP contribution in [0, 0.1) is 5.82 Å². The minimum atomic E-state index is -0.458. The molecule has 2 aromatic rings. The zero-order chi connectivity index (χ0) is 17.6. The van der Waals surface area contributed by atoms with Gasteiger partial charge in [-0.05, 0) is 30.3 Å². The number of hydrogen-bond acceptors (Lipinski definition) is 5. The number of hydrogen-bond donors (Lipinski definition) is 1. The number of esters is 1. The number of thioether (sulfide) groups is 2. The van der Waals surface area contributed by atoms with E-state index in [9.17, 15) is 14.0 Å². The number of carbonyl (C=O) groups is 2. The third kappa shape index (κ3) is 4.76. The third-order valence-corrected chi connectivity index (χ3v) is 5.57. The first-order valence-electron chi connectivity index (χ1n) is 7.74. The van der Waals surface area contributed by atoms with Gasteiger partial charge in [-0.15, -0.1) is 23.5 Å². The van der Waals surface area contributed by atoms with Crippen molar-refractivity contribution in [2.24, 2.45) is 0 Å². The standard InChI is InChI=1S/C18H16FNO3S2/c19-13-3-1-2-4-15(13)25-10-8-23-18(22)12-5-6-16-14(11-12)20-17(21)7-9-24-16/h1-6,11H,7-10H2,(H,20,21). The fourth-order valence-corrected chi connectivity index (χ4v) is 3.98. The van der Waals surface area contributed by atoms with Crippen LogP contribution < -0.4 is 5.32 Å². The molecule has 0 aliphatic carbocycles. The lowest BCUT2D eigenvalue weighted by Crippen LogP contribution is -2.12. The molecule has 0 spiro atoms. The van der Waals surface area contributed by atoms with Gasteiger partial charge in [0.15, 0.2) is 0 Å². The topological polar surface area (TPSA) is 55.4 Å². The maximum absolute atomic E-state index is 13.5. The molecule has 0 saturated carbocycles. The molecule has 0 unspecified atom stereocenters. The van der Waals surface area contributed by atoms with Crippen molar-refractivity contribution >= 4 is 41.1 Å². The molecule has 1 N–H and O–H groups in total. The third-order valence-electron chi connectivity index (χ3n) is 3.49. The molecule has 1 heterocycles. The zero-order valence-electron chi connectivity index (χ0n) is 13.3. The van der Waals surface area contributed by atoms with Crippen molar-refractivity contribution < 1.29 is 18.7 Å². The fourth-order valence-electron chi connectivity index (χ4n) is 2.28. The van der Waals surface area contributed by atoms with E-state index in [-0.39, 0.29) is 18.3 Å². The molecule has 1 aliphatic heterocycles. The summed E-state index contributed by atoms with van der Waals surface area (Å²) in [5, 5.41) is 2.80. The van der Waals surface area contributed by atoms with E-state index in [0.717, 1.165) is 10.6 Å². The van der Waals surface area contributed by atoms with Gasteiger partial charge in [-0.2, -0.15) is 0 Å². The lowest BCUT2D eigenvalue weighted by atomic mass is 10.2. The van der Waals surface area contributed by atoms with Gasteiger partial charge < -0.3 is 10.1 Å². The number of fused-ring (bicyclic) bond motifs is 1. The van der Waals surface area contributed by atoms with Crippen LogP contribution in [-0.2, 0) is 9.53 Å². The molecule has 1 amide bonds. The number of anilines is 1. The molecular formula is C18H16FNO3S2. The lowest BCUT2D eigenvalue weighted by Gasteiger charge is -2.09. The zero-order valence-corrected chi connectivity index (χ0v) is 14.9. The van der Waals surface area contributed by atoms with E-state index in [1.807, 2.05) is 6.07 Å². The molecule has 0 aromatic heterocycles. The maximum atomic E-state index is 13.5. The summed E-state index contributed by atoms with van der Waals surface area (Å²) in [5.74, 6) is 0.386. The molecule has 0 atom stereocenters. The largest absolute Gasteiger partial charge is 0.461 e. The molecular weight excluding hydrogens is 361 g/mol. The van der Waals surface area contributed by atoms with Gasteiger partial charge in [-0.1, -0.05) is 12.1 Å². The second-order valence-electron chi connectivity index (χ2n) is 5.27. The highest BCUT2D eigenvalue weighted by atomic mass is 32.2. The van der Waals surface area contributed by atoms with Gasteiger partial charge in [-0.3, -0.25) is 4.79 Å². The minimum Gasteiger partial charge on any atom is -0.461 e. The van der Waals surface area contributed by atoms with Crippen LogP contribution in [0.25, 0.3) is 0 Å². The first kappa shape index (κ1) is 17.8. The Morgan fingerprint density at radius 2 is 2.12 bits per heavy atom. The predicted molar refractivity (Wildman–Crippen MR) is 97.8 cm³/mol. The molecule has 1 aliphatic rings. The molecule has 0 saturated heterocycles. The number of benzene rings is 2. The second kappa shape index (κ2) is 8.40. The van der Waals surface area contributed by atoms with Gasteiger partial charge in [0, 0.05) is 27.7 Å². The highest BCUT2D eigenvalue weighted by Crippen LogP contribution is 2.31. The summed E-state index contributed by atoms with van der Waals surface area (Å²) < 4.78 is 18.7. The monoisotopic (exact) mass is 377 g/mol. The summed E-state index contributed by atoms with van der Waals surface area (Å²) in [6, 6.07) is 11.6. The van der Waals surface area contributed by atoms with Crippen molar-refractivity contribution in [1.82, 2.24) is 0 Å². The number of nitrogens with one attached hydrogen (secondary N) is 1. The molecule has 2 aromatic carbocycles. The summed E-state index contributed by atoms with van der Waals surface area (Å²) in [5.41, 5.74) is 1.03. The molecule has 0 fully saturated rings. The van der Waals surface area contributed by atoms with Crippen LogP contribution in [0.3, 0.4) is 0 Å². The number of carbonyl (C=O) groups excluding carboxylic acids is 2. The van der Waals surface area contributed by atoms with Crippen molar-refractivity contribution in [2.75, 3.05) is 23.4 Å². The molecule has 0 bridgehead atoms. The molecule has 7 heteroatoms. The fraction of sp³-hybridized carbons (Fsp3) is 0.222. The Kier molecular flexibility index (Phi) is 5.99. The molecule has 25 heavy (non-hydrogen) atoms. The summed E-state index contributed by atoms with van der Waals surface area (Å²) in [4.78, 5) is 25.3. The first-order chi connectivity index (χ1) is 12.1. The Bertz CT molecular complexity index is 798. The van der Waals surface area contributed by atoms with Crippen LogP contribution in [0.5, 0.6) is 0 Å². The SMILES string of the molecule is O=C1CCSc2ccc(C(=O)OCCSc3ccccc3F)cc2N1. The quantitative estimate of drug-likeness (QED) is 0.481. The molecule has 0 radical (unpaired) electrons. The highest BCUT2D eigenvalue weighted by Gasteiger charge is 2.16. The normalized spacial score (nSPS) is 13.6. The van der Waals surface area contributed by atoms with Crippen molar-refractivity contribution in [3.8, 4) is 0 Å². The Morgan fingerprint density at radius 3 is 2.96 bits per heavy atom. The van der Waals surface area contributed by atoms with Crippen LogP contribution >= 0.6 is 23.5 Å². The van der Waals surface area contributed by atoms with E-state index in [0.29, 0.717) is 28.3 Å². The van der Waals surface area contributed by atoms with E-state index in [1.54, 1.807) is 42.1 Å².